The Hall–Kier alpha value is -2.01. The van der Waals surface area contributed by atoms with E-state index in [1.54, 1.807) is 6.07 Å². The monoisotopic (exact) mass is 361 g/mol. The van der Waals surface area contributed by atoms with Gasteiger partial charge in [-0.25, -0.2) is 0 Å². The van der Waals surface area contributed by atoms with Crippen molar-refractivity contribution in [3.8, 4) is 11.5 Å². The smallest absolute Gasteiger partial charge is 0.226 e. The van der Waals surface area contributed by atoms with Crippen molar-refractivity contribution in [3.05, 3.63) is 35.9 Å². The molecule has 144 valence electrons. The van der Waals surface area contributed by atoms with Gasteiger partial charge in [-0.1, -0.05) is 12.2 Å². The number of likely N-dealkylation sites (tertiary alicyclic amines) is 1. The molecule has 1 heterocycles. The van der Waals surface area contributed by atoms with E-state index in [9.17, 15) is 9.90 Å². The average Bonchev–Trinajstić information content (AvgIpc) is 2.62. The highest BCUT2D eigenvalue weighted by Gasteiger charge is 2.30. The molecular formula is C21H33N2O3+. The summed E-state index contributed by atoms with van der Waals surface area (Å²) < 4.78 is 5.47. The van der Waals surface area contributed by atoms with Crippen molar-refractivity contribution < 1.29 is 19.5 Å². The quantitative estimate of drug-likeness (QED) is 0.697. The highest BCUT2D eigenvalue weighted by molar-refractivity contribution is 5.79. The number of likely N-dealkylation sites (N-methyl/N-ethyl adjacent to an activating group) is 1. The number of phenols is 1. The maximum absolute atomic E-state index is 12.7. The topological polar surface area (TPSA) is 54.2 Å². The zero-order chi connectivity index (χ0) is 19.1. The standard InChI is InChI=1S/C21H32N2O3/c1-5-23(14-16(3)4)21(25)18-9-11-22(12-10-18)15-17-7-8-19(24)20(13-17)26-6-2/h7-8,13,18,24H,3,5-6,9-12,14-15H2,1-2,4H3/p+1. The SMILES string of the molecule is C=C(C)CN(CC)C(=O)C1CC[NH+](Cc2ccc(O)c(OCC)c2)CC1. The Bertz CT molecular complexity index is 622. The Kier molecular flexibility index (Phi) is 7.51. The predicted molar refractivity (Wildman–Crippen MR) is 103 cm³/mol. The summed E-state index contributed by atoms with van der Waals surface area (Å²) in [4.78, 5) is 16.1. The number of hydrogen-bond donors (Lipinski definition) is 2. The number of ether oxygens (including phenoxy) is 1. The van der Waals surface area contributed by atoms with Crippen LogP contribution in [0.3, 0.4) is 0 Å². The minimum atomic E-state index is 0.136. The van der Waals surface area contributed by atoms with Crippen molar-refractivity contribution >= 4 is 5.91 Å². The normalized spacial score (nSPS) is 19.8. The second-order valence-electron chi connectivity index (χ2n) is 7.25. The fourth-order valence-corrected chi connectivity index (χ4v) is 3.61. The minimum Gasteiger partial charge on any atom is -0.504 e. The molecule has 1 aliphatic rings. The zero-order valence-electron chi connectivity index (χ0n) is 16.4. The van der Waals surface area contributed by atoms with Gasteiger partial charge in [-0.05, 0) is 39.0 Å². The molecule has 0 aromatic heterocycles. The predicted octanol–water partition coefficient (Wildman–Crippen LogP) is 2.01. The highest BCUT2D eigenvalue weighted by Crippen LogP contribution is 2.26. The Balaban J connectivity index is 1.89. The first-order valence-electron chi connectivity index (χ1n) is 9.66. The third-order valence-corrected chi connectivity index (χ3v) is 4.97. The van der Waals surface area contributed by atoms with Gasteiger partial charge in [0.25, 0.3) is 0 Å². The summed E-state index contributed by atoms with van der Waals surface area (Å²) in [5.41, 5.74) is 2.18. The number of carbonyl (C=O) groups excluding carboxylic acids is 1. The van der Waals surface area contributed by atoms with Crippen LogP contribution in [0, 0.1) is 5.92 Å². The molecule has 1 fully saturated rings. The minimum absolute atomic E-state index is 0.136. The largest absolute Gasteiger partial charge is 0.504 e. The van der Waals surface area contributed by atoms with Crippen LogP contribution in [0.2, 0.25) is 0 Å². The number of nitrogens with zero attached hydrogens (tertiary/aromatic N) is 1. The van der Waals surface area contributed by atoms with E-state index >= 15 is 0 Å². The van der Waals surface area contributed by atoms with Crippen LogP contribution < -0.4 is 9.64 Å². The lowest BCUT2D eigenvalue weighted by molar-refractivity contribution is -0.919. The molecule has 0 bridgehead atoms. The Morgan fingerprint density at radius 3 is 2.62 bits per heavy atom. The van der Waals surface area contributed by atoms with Crippen LogP contribution in [0.25, 0.3) is 0 Å². The van der Waals surface area contributed by atoms with E-state index < -0.39 is 0 Å². The first kappa shape index (κ1) is 20.3. The molecule has 1 amide bonds. The van der Waals surface area contributed by atoms with Gasteiger partial charge in [0.05, 0.1) is 19.7 Å². The fourth-order valence-electron chi connectivity index (χ4n) is 3.61. The first-order chi connectivity index (χ1) is 12.4. The van der Waals surface area contributed by atoms with E-state index in [4.69, 9.17) is 4.74 Å². The molecule has 2 rings (SSSR count). The Morgan fingerprint density at radius 2 is 2.04 bits per heavy atom. The number of benzene rings is 1. The zero-order valence-corrected chi connectivity index (χ0v) is 16.4. The lowest BCUT2D eigenvalue weighted by atomic mass is 9.94. The van der Waals surface area contributed by atoms with Gasteiger partial charge in [-0.2, -0.15) is 0 Å². The Labute approximate surface area is 157 Å². The van der Waals surface area contributed by atoms with E-state index in [2.05, 4.69) is 6.58 Å². The van der Waals surface area contributed by atoms with Crippen LogP contribution >= 0.6 is 0 Å². The maximum Gasteiger partial charge on any atom is 0.226 e. The van der Waals surface area contributed by atoms with Crippen LogP contribution in [0.4, 0.5) is 0 Å². The van der Waals surface area contributed by atoms with Crippen molar-refractivity contribution in [2.45, 2.75) is 40.2 Å². The van der Waals surface area contributed by atoms with Crippen LogP contribution in [0.5, 0.6) is 11.5 Å². The van der Waals surface area contributed by atoms with Gasteiger partial charge in [-0.15, -0.1) is 0 Å². The van der Waals surface area contributed by atoms with Crippen molar-refractivity contribution in [2.24, 2.45) is 5.92 Å². The molecule has 1 aromatic carbocycles. The van der Waals surface area contributed by atoms with Gasteiger partial charge in [0.15, 0.2) is 11.5 Å². The van der Waals surface area contributed by atoms with Crippen LogP contribution in [0.15, 0.2) is 30.4 Å². The fraction of sp³-hybridized carbons (Fsp3) is 0.571. The molecule has 1 aliphatic heterocycles. The van der Waals surface area contributed by atoms with Gasteiger partial charge in [0, 0.05) is 37.4 Å². The number of carbonyl (C=O) groups is 1. The van der Waals surface area contributed by atoms with Gasteiger partial charge in [0.1, 0.15) is 6.54 Å². The van der Waals surface area contributed by atoms with Gasteiger partial charge < -0.3 is 19.6 Å². The molecule has 26 heavy (non-hydrogen) atoms. The molecule has 0 spiro atoms. The number of hydrogen-bond acceptors (Lipinski definition) is 3. The molecular weight excluding hydrogens is 328 g/mol. The van der Waals surface area contributed by atoms with E-state index in [-0.39, 0.29) is 17.6 Å². The van der Waals surface area contributed by atoms with Crippen molar-refractivity contribution in [2.75, 3.05) is 32.8 Å². The van der Waals surface area contributed by atoms with E-state index in [1.165, 1.54) is 4.90 Å². The van der Waals surface area contributed by atoms with Crippen molar-refractivity contribution in [3.63, 3.8) is 0 Å². The molecule has 0 aliphatic carbocycles. The number of rotatable bonds is 8. The molecule has 0 saturated carbocycles. The van der Waals surface area contributed by atoms with Gasteiger partial charge >= 0.3 is 0 Å². The van der Waals surface area contributed by atoms with Crippen LogP contribution in [0.1, 0.15) is 39.2 Å². The summed E-state index contributed by atoms with van der Waals surface area (Å²) >= 11 is 0. The average molecular weight is 362 g/mol. The molecule has 1 saturated heterocycles. The second-order valence-corrected chi connectivity index (χ2v) is 7.25. The summed E-state index contributed by atoms with van der Waals surface area (Å²) in [6.45, 7) is 14.7. The summed E-state index contributed by atoms with van der Waals surface area (Å²) in [5, 5.41) is 9.83. The molecule has 5 heteroatoms. The number of piperidine rings is 1. The number of aromatic hydroxyl groups is 1. The van der Waals surface area contributed by atoms with Crippen molar-refractivity contribution in [1.82, 2.24) is 4.90 Å². The maximum atomic E-state index is 12.7. The third kappa shape index (κ3) is 5.49. The molecule has 0 radical (unpaired) electrons. The first-order valence-corrected chi connectivity index (χ1v) is 9.66. The van der Waals surface area contributed by atoms with Crippen molar-refractivity contribution in [1.29, 1.82) is 0 Å². The number of phenolic OH excluding ortho intramolecular Hbond substituents is 1. The van der Waals surface area contributed by atoms with E-state index in [0.717, 1.165) is 50.2 Å². The summed E-state index contributed by atoms with van der Waals surface area (Å²) in [5.74, 6) is 1.15. The summed E-state index contributed by atoms with van der Waals surface area (Å²) in [6, 6.07) is 5.58. The molecule has 2 N–H and O–H groups in total. The lowest BCUT2D eigenvalue weighted by Crippen LogP contribution is -3.11. The van der Waals surface area contributed by atoms with Gasteiger partial charge in [0.2, 0.25) is 5.91 Å². The Morgan fingerprint density at radius 1 is 1.35 bits per heavy atom. The summed E-state index contributed by atoms with van der Waals surface area (Å²) in [6.07, 6.45) is 1.86. The summed E-state index contributed by atoms with van der Waals surface area (Å²) in [7, 11) is 0. The number of quaternary nitrogens is 1. The highest BCUT2D eigenvalue weighted by atomic mass is 16.5. The number of nitrogens with one attached hydrogen (secondary N) is 1. The number of amides is 1. The third-order valence-electron chi connectivity index (χ3n) is 4.97. The van der Waals surface area contributed by atoms with Crippen LogP contribution in [-0.2, 0) is 11.3 Å². The van der Waals surface area contributed by atoms with Gasteiger partial charge in [-0.3, -0.25) is 4.79 Å². The second kappa shape index (κ2) is 9.62. The molecule has 5 nitrogen and oxygen atoms in total. The molecule has 0 unspecified atom stereocenters. The lowest BCUT2D eigenvalue weighted by Gasteiger charge is -2.32. The van der Waals surface area contributed by atoms with E-state index in [1.807, 2.05) is 37.8 Å². The molecule has 0 atom stereocenters. The van der Waals surface area contributed by atoms with Crippen LogP contribution in [-0.4, -0.2) is 48.7 Å². The molecule has 1 aromatic rings. The van der Waals surface area contributed by atoms with E-state index in [0.29, 0.717) is 18.9 Å².